The topological polar surface area (TPSA) is 92.7 Å². The van der Waals surface area contributed by atoms with Gasteiger partial charge in [0.15, 0.2) is 0 Å². The standard InChI is InChI=1S/C10H12ClNO5S.C9H12/c1-5-7(12-18(3,15)16)4-6(10(14)17-2)9(13)8(5)11;1-7-4-8(2)6-9(3)5-7/h4,12-13H,1-3H3;4-6H,1-3H3. The van der Waals surface area contributed by atoms with Crippen molar-refractivity contribution < 1.29 is 23.1 Å². The van der Waals surface area contributed by atoms with Crippen LogP contribution in [0.4, 0.5) is 5.69 Å². The molecule has 0 radical (unpaired) electrons. The van der Waals surface area contributed by atoms with Gasteiger partial charge in [0.05, 0.1) is 24.1 Å². The molecule has 0 saturated carbocycles. The van der Waals surface area contributed by atoms with Gasteiger partial charge in [-0.25, -0.2) is 13.2 Å². The van der Waals surface area contributed by atoms with Gasteiger partial charge in [-0.3, -0.25) is 4.72 Å². The molecule has 2 rings (SSSR count). The summed E-state index contributed by atoms with van der Waals surface area (Å²) >= 11 is 5.83. The summed E-state index contributed by atoms with van der Waals surface area (Å²) in [5.41, 5.74) is 4.28. The highest BCUT2D eigenvalue weighted by Gasteiger charge is 2.20. The fraction of sp³-hybridized carbons (Fsp3) is 0.316. The highest BCUT2D eigenvalue weighted by Crippen LogP contribution is 2.36. The molecule has 0 atom stereocenters. The number of hydrogen-bond acceptors (Lipinski definition) is 5. The lowest BCUT2D eigenvalue weighted by Gasteiger charge is -2.13. The minimum absolute atomic E-state index is 0.107. The number of carbonyl (C=O) groups is 1. The molecule has 6 nitrogen and oxygen atoms in total. The molecule has 0 aliphatic rings. The smallest absolute Gasteiger partial charge is 0.341 e. The number of rotatable bonds is 3. The molecule has 0 aromatic heterocycles. The van der Waals surface area contributed by atoms with E-state index in [1.807, 2.05) is 0 Å². The maximum Gasteiger partial charge on any atom is 0.341 e. The fourth-order valence-electron chi connectivity index (χ4n) is 2.51. The third-order valence-electron chi connectivity index (χ3n) is 3.55. The molecule has 27 heavy (non-hydrogen) atoms. The first-order chi connectivity index (χ1) is 12.4. The summed E-state index contributed by atoms with van der Waals surface area (Å²) in [5.74, 6) is -1.26. The average Bonchev–Trinajstić information content (AvgIpc) is 2.53. The van der Waals surface area contributed by atoms with E-state index < -0.39 is 21.7 Å². The van der Waals surface area contributed by atoms with Gasteiger partial charge in [-0.1, -0.05) is 46.5 Å². The maximum absolute atomic E-state index is 11.4. The van der Waals surface area contributed by atoms with Crippen molar-refractivity contribution in [3.05, 3.63) is 57.1 Å². The van der Waals surface area contributed by atoms with Crippen LogP contribution in [-0.2, 0) is 14.8 Å². The van der Waals surface area contributed by atoms with E-state index in [1.54, 1.807) is 0 Å². The van der Waals surface area contributed by atoms with Crippen molar-refractivity contribution in [3.63, 3.8) is 0 Å². The first-order valence-electron chi connectivity index (χ1n) is 7.98. The van der Waals surface area contributed by atoms with Gasteiger partial charge in [0, 0.05) is 0 Å². The Morgan fingerprint density at radius 1 is 1.04 bits per heavy atom. The van der Waals surface area contributed by atoms with Crippen molar-refractivity contribution in [2.75, 3.05) is 18.1 Å². The van der Waals surface area contributed by atoms with Gasteiger partial charge < -0.3 is 9.84 Å². The number of methoxy groups -OCH3 is 1. The summed E-state index contributed by atoms with van der Waals surface area (Å²) in [4.78, 5) is 11.4. The molecule has 0 saturated heterocycles. The lowest BCUT2D eigenvalue weighted by molar-refractivity contribution is 0.0597. The van der Waals surface area contributed by atoms with Crippen molar-refractivity contribution >= 4 is 33.3 Å². The van der Waals surface area contributed by atoms with Crippen molar-refractivity contribution in [2.45, 2.75) is 27.7 Å². The first kappa shape index (κ1) is 22.8. The number of ether oxygens (including phenoxy) is 1. The second kappa shape index (κ2) is 9.10. The number of phenolic OH excluding ortho intramolecular Hbond substituents is 1. The monoisotopic (exact) mass is 413 g/mol. The molecule has 0 heterocycles. The Labute approximate surface area is 165 Å². The van der Waals surface area contributed by atoms with E-state index in [2.05, 4.69) is 48.4 Å². The van der Waals surface area contributed by atoms with Crippen molar-refractivity contribution in [3.8, 4) is 5.75 Å². The Bertz CT molecular complexity index is 905. The van der Waals surface area contributed by atoms with E-state index >= 15 is 0 Å². The van der Waals surface area contributed by atoms with Crippen LogP contribution >= 0.6 is 11.6 Å². The molecule has 148 valence electrons. The number of nitrogens with one attached hydrogen (secondary N) is 1. The predicted octanol–water partition coefficient (Wildman–Crippen LogP) is 4.12. The number of halogens is 1. The normalized spacial score (nSPS) is 10.6. The molecule has 0 amide bonds. The van der Waals surface area contributed by atoms with Gasteiger partial charge in [0.25, 0.3) is 0 Å². The van der Waals surface area contributed by atoms with Crippen LogP contribution < -0.4 is 4.72 Å². The van der Waals surface area contributed by atoms with Gasteiger partial charge in [0.2, 0.25) is 10.0 Å². The number of benzene rings is 2. The van der Waals surface area contributed by atoms with Gasteiger partial charge in [-0.2, -0.15) is 0 Å². The van der Waals surface area contributed by atoms with Crippen LogP contribution in [0.25, 0.3) is 0 Å². The van der Waals surface area contributed by atoms with Crippen LogP contribution in [-0.4, -0.2) is 32.9 Å². The number of esters is 1. The zero-order valence-corrected chi connectivity index (χ0v) is 17.7. The summed E-state index contributed by atoms with van der Waals surface area (Å²) in [6, 6.07) is 7.73. The summed E-state index contributed by atoms with van der Waals surface area (Å²) < 4.78 is 29.0. The van der Waals surface area contributed by atoms with Crippen molar-refractivity contribution in [1.29, 1.82) is 0 Å². The Kier molecular flexibility index (Phi) is 7.68. The Hall–Kier alpha value is -2.25. The number of hydrogen-bond donors (Lipinski definition) is 2. The first-order valence-corrected chi connectivity index (χ1v) is 10.3. The number of aromatic hydroxyl groups is 1. The number of phenols is 1. The van der Waals surface area contributed by atoms with E-state index in [0.29, 0.717) is 5.56 Å². The van der Waals surface area contributed by atoms with Crippen LogP contribution in [0.15, 0.2) is 24.3 Å². The van der Waals surface area contributed by atoms with Crippen LogP contribution in [0.5, 0.6) is 5.75 Å². The van der Waals surface area contributed by atoms with E-state index in [-0.39, 0.29) is 16.3 Å². The molecule has 0 bridgehead atoms. The van der Waals surface area contributed by atoms with Crippen LogP contribution in [0.1, 0.15) is 32.6 Å². The molecule has 8 heteroatoms. The molecule has 0 spiro atoms. The maximum atomic E-state index is 11.4. The van der Waals surface area contributed by atoms with E-state index in [1.165, 1.54) is 29.7 Å². The van der Waals surface area contributed by atoms with Crippen LogP contribution in [0.3, 0.4) is 0 Å². The average molecular weight is 414 g/mol. The zero-order valence-electron chi connectivity index (χ0n) is 16.2. The summed E-state index contributed by atoms with van der Waals surface area (Å²) in [7, 11) is -2.38. The number of sulfonamides is 1. The lowest BCUT2D eigenvalue weighted by Crippen LogP contribution is -2.12. The number of anilines is 1. The largest absolute Gasteiger partial charge is 0.505 e. The quantitative estimate of drug-likeness (QED) is 0.583. The fourth-order valence-corrected chi connectivity index (χ4v) is 3.32. The molecule has 2 aromatic carbocycles. The molecule has 0 aliphatic heterocycles. The molecule has 0 unspecified atom stereocenters. The highest BCUT2D eigenvalue weighted by molar-refractivity contribution is 7.92. The molecular weight excluding hydrogens is 390 g/mol. The molecule has 2 N–H and O–H groups in total. The third-order valence-corrected chi connectivity index (χ3v) is 4.60. The molecular formula is C19H24ClNO5S. The Morgan fingerprint density at radius 3 is 1.85 bits per heavy atom. The Balaban J connectivity index is 0.000000337. The highest BCUT2D eigenvalue weighted by atomic mass is 35.5. The molecule has 0 fully saturated rings. The molecule has 0 aliphatic carbocycles. The minimum Gasteiger partial charge on any atom is -0.505 e. The lowest BCUT2D eigenvalue weighted by atomic mass is 10.1. The van der Waals surface area contributed by atoms with Gasteiger partial charge in [-0.15, -0.1) is 0 Å². The second-order valence-electron chi connectivity index (χ2n) is 6.29. The summed E-state index contributed by atoms with van der Waals surface area (Å²) in [6.07, 6.45) is 0.963. The van der Waals surface area contributed by atoms with Crippen molar-refractivity contribution in [1.82, 2.24) is 0 Å². The van der Waals surface area contributed by atoms with Gasteiger partial charge in [0.1, 0.15) is 11.3 Å². The van der Waals surface area contributed by atoms with Gasteiger partial charge in [-0.05, 0) is 39.3 Å². The van der Waals surface area contributed by atoms with E-state index in [0.717, 1.165) is 13.4 Å². The van der Waals surface area contributed by atoms with E-state index in [9.17, 15) is 18.3 Å². The Morgan fingerprint density at radius 2 is 1.48 bits per heavy atom. The SMILES string of the molecule is COC(=O)c1cc(NS(C)(=O)=O)c(C)c(Cl)c1O.Cc1cc(C)cc(C)c1. The summed E-state index contributed by atoms with van der Waals surface area (Å²) in [6.45, 7) is 7.89. The van der Waals surface area contributed by atoms with Crippen LogP contribution in [0.2, 0.25) is 5.02 Å². The molecule has 2 aromatic rings. The van der Waals surface area contributed by atoms with Crippen LogP contribution in [0, 0.1) is 27.7 Å². The number of carbonyl (C=O) groups excluding carboxylic acids is 1. The second-order valence-corrected chi connectivity index (χ2v) is 8.42. The third kappa shape index (κ3) is 6.77. The predicted molar refractivity (Wildman–Crippen MR) is 108 cm³/mol. The van der Waals surface area contributed by atoms with Gasteiger partial charge >= 0.3 is 5.97 Å². The van der Waals surface area contributed by atoms with E-state index in [4.69, 9.17) is 11.6 Å². The minimum atomic E-state index is -3.52. The summed E-state index contributed by atoms with van der Waals surface area (Å²) in [5, 5.41) is 9.59. The van der Waals surface area contributed by atoms with Crippen molar-refractivity contribution in [2.24, 2.45) is 0 Å². The zero-order chi connectivity index (χ0) is 20.9. The number of aryl methyl sites for hydroxylation is 3.